The number of hydrogen-bond donors (Lipinski definition) is 1. The highest BCUT2D eigenvalue weighted by molar-refractivity contribution is 7.08. The van der Waals surface area contributed by atoms with Crippen molar-refractivity contribution in [3.8, 4) is 0 Å². The van der Waals surface area contributed by atoms with Gasteiger partial charge in [0.25, 0.3) is 5.91 Å². The average Bonchev–Trinajstić information content (AvgIpc) is 2.76. The lowest BCUT2D eigenvalue weighted by Crippen LogP contribution is -2.51. The van der Waals surface area contributed by atoms with E-state index in [2.05, 4.69) is 42.6 Å². The standard InChI is InChI=1S/C12H20N4OS/c1-8-7-16(6-5-13-8)11(17)9-10(12(2,3)4)14-15-18-9/h8,13H,5-7H2,1-4H3/t8-/m1/s1. The second kappa shape index (κ2) is 4.93. The molecule has 1 amide bonds. The molecule has 1 aromatic heterocycles. The fraction of sp³-hybridized carbons (Fsp3) is 0.750. The molecule has 1 fully saturated rings. The van der Waals surface area contributed by atoms with E-state index in [9.17, 15) is 4.79 Å². The third-order valence-corrected chi connectivity index (χ3v) is 3.76. The molecule has 1 atom stereocenters. The molecule has 1 saturated heterocycles. The normalized spacial score (nSPS) is 21.1. The van der Waals surface area contributed by atoms with Gasteiger partial charge >= 0.3 is 0 Å². The summed E-state index contributed by atoms with van der Waals surface area (Å²) in [4.78, 5) is 15.1. The van der Waals surface area contributed by atoms with E-state index in [-0.39, 0.29) is 11.3 Å². The van der Waals surface area contributed by atoms with Crippen molar-refractivity contribution in [3.05, 3.63) is 10.6 Å². The van der Waals surface area contributed by atoms with E-state index in [1.54, 1.807) is 0 Å². The highest BCUT2D eigenvalue weighted by atomic mass is 32.1. The topological polar surface area (TPSA) is 58.1 Å². The summed E-state index contributed by atoms with van der Waals surface area (Å²) < 4.78 is 3.95. The summed E-state index contributed by atoms with van der Waals surface area (Å²) in [7, 11) is 0. The highest BCUT2D eigenvalue weighted by Crippen LogP contribution is 2.27. The van der Waals surface area contributed by atoms with Gasteiger partial charge in [-0.05, 0) is 18.5 Å². The second-order valence-electron chi connectivity index (χ2n) is 5.81. The highest BCUT2D eigenvalue weighted by Gasteiger charge is 2.30. The van der Waals surface area contributed by atoms with Crippen molar-refractivity contribution in [1.29, 1.82) is 0 Å². The van der Waals surface area contributed by atoms with Crippen LogP contribution >= 0.6 is 11.5 Å². The van der Waals surface area contributed by atoms with E-state index in [1.165, 1.54) is 11.5 Å². The number of carbonyl (C=O) groups is 1. The molecule has 100 valence electrons. The van der Waals surface area contributed by atoms with Crippen molar-refractivity contribution in [2.45, 2.75) is 39.2 Å². The van der Waals surface area contributed by atoms with Gasteiger partial charge in [0, 0.05) is 31.1 Å². The number of amides is 1. The monoisotopic (exact) mass is 268 g/mol. The van der Waals surface area contributed by atoms with Crippen LogP contribution in [-0.4, -0.2) is 46.1 Å². The fourth-order valence-corrected chi connectivity index (χ4v) is 2.93. The van der Waals surface area contributed by atoms with Crippen LogP contribution in [0.5, 0.6) is 0 Å². The predicted molar refractivity (Wildman–Crippen MR) is 72.0 cm³/mol. The lowest BCUT2D eigenvalue weighted by Gasteiger charge is -2.32. The van der Waals surface area contributed by atoms with Gasteiger partial charge in [0.05, 0.1) is 5.69 Å². The largest absolute Gasteiger partial charge is 0.335 e. The van der Waals surface area contributed by atoms with Crippen molar-refractivity contribution >= 4 is 17.4 Å². The van der Waals surface area contributed by atoms with Gasteiger partial charge < -0.3 is 10.2 Å². The van der Waals surface area contributed by atoms with E-state index in [1.807, 2.05) is 4.90 Å². The Morgan fingerprint density at radius 3 is 2.83 bits per heavy atom. The Kier molecular flexibility index (Phi) is 3.68. The summed E-state index contributed by atoms with van der Waals surface area (Å²) >= 11 is 1.21. The molecule has 1 aliphatic rings. The number of carbonyl (C=O) groups excluding carboxylic acids is 1. The molecule has 0 unspecified atom stereocenters. The summed E-state index contributed by atoms with van der Waals surface area (Å²) in [6.45, 7) is 10.6. The summed E-state index contributed by atoms with van der Waals surface area (Å²) in [6.07, 6.45) is 0. The second-order valence-corrected chi connectivity index (χ2v) is 6.56. The molecule has 6 heteroatoms. The van der Waals surface area contributed by atoms with Crippen LogP contribution in [-0.2, 0) is 5.41 Å². The van der Waals surface area contributed by atoms with Crippen LogP contribution in [0, 0.1) is 0 Å². The quantitative estimate of drug-likeness (QED) is 0.833. The van der Waals surface area contributed by atoms with E-state index in [0.717, 1.165) is 25.3 Å². The van der Waals surface area contributed by atoms with Crippen molar-refractivity contribution in [3.63, 3.8) is 0 Å². The van der Waals surface area contributed by atoms with Crippen LogP contribution in [0.4, 0.5) is 0 Å². The lowest BCUT2D eigenvalue weighted by molar-refractivity contribution is 0.0711. The molecule has 5 nitrogen and oxygen atoms in total. The lowest BCUT2D eigenvalue weighted by atomic mass is 9.91. The Labute approximate surface area is 112 Å². The van der Waals surface area contributed by atoms with Gasteiger partial charge in [-0.1, -0.05) is 25.3 Å². The fourth-order valence-electron chi connectivity index (χ4n) is 2.08. The van der Waals surface area contributed by atoms with Crippen molar-refractivity contribution in [1.82, 2.24) is 19.8 Å². The Bertz CT molecular complexity index is 438. The molecule has 1 aromatic rings. The van der Waals surface area contributed by atoms with E-state index in [4.69, 9.17) is 0 Å². The Morgan fingerprint density at radius 2 is 2.22 bits per heavy atom. The number of hydrogen-bond acceptors (Lipinski definition) is 5. The molecular weight excluding hydrogens is 248 g/mol. The van der Waals surface area contributed by atoms with Gasteiger partial charge in [0.2, 0.25) is 0 Å². The first kappa shape index (κ1) is 13.4. The first-order valence-electron chi connectivity index (χ1n) is 6.25. The van der Waals surface area contributed by atoms with Gasteiger partial charge in [-0.15, -0.1) is 5.10 Å². The summed E-state index contributed by atoms with van der Waals surface area (Å²) in [5.74, 6) is 0.0725. The number of piperazine rings is 1. The Morgan fingerprint density at radius 1 is 1.50 bits per heavy atom. The first-order valence-corrected chi connectivity index (χ1v) is 7.02. The van der Waals surface area contributed by atoms with E-state index < -0.39 is 0 Å². The van der Waals surface area contributed by atoms with Crippen molar-refractivity contribution < 1.29 is 4.79 Å². The van der Waals surface area contributed by atoms with Crippen LogP contribution in [0.25, 0.3) is 0 Å². The minimum atomic E-state index is -0.141. The van der Waals surface area contributed by atoms with Crippen molar-refractivity contribution in [2.24, 2.45) is 0 Å². The van der Waals surface area contributed by atoms with Crippen LogP contribution in [0.3, 0.4) is 0 Å². The van der Waals surface area contributed by atoms with Gasteiger partial charge in [-0.25, -0.2) is 0 Å². The van der Waals surface area contributed by atoms with Crippen LogP contribution < -0.4 is 5.32 Å². The van der Waals surface area contributed by atoms with Gasteiger partial charge in [-0.2, -0.15) is 0 Å². The summed E-state index contributed by atoms with van der Waals surface area (Å²) in [5, 5.41) is 7.46. The molecule has 1 N–H and O–H groups in total. The molecule has 1 aliphatic heterocycles. The minimum Gasteiger partial charge on any atom is -0.335 e. The summed E-state index contributed by atoms with van der Waals surface area (Å²) in [5.41, 5.74) is 0.668. The third kappa shape index (κ3) is 2.70. The Hall–Kier alpha value is -1.01. The van der Waals surface area contributed by atoms with Crippen molar-refractivity contribution in [2.75, 3.05) is 19.6 Å². The average molecular weight is 268 g/mol. The van der Waals surface area contributed by atoms with Crippen LogP contribution in [0.2, 0.25) is 0 Å². The molecule has 0 saturated carbocycles. The SMILES string of the molecule is C[C@@H]1CN(C(=O)c2snnc2C(C)(C)C)CCN1. The first-order chi connectivity index (χ1) is 8.39. The molecule has 2 rings (SSSR count). The summed E-state index contributed by atoms with van der Waals surface area (Å²) in [6, 6.07) is 0.349. The maximum atomic E-state index is 12.5. The number of nitrogens with one attached hydrogen (secondary N) is 1. The number of rotatable bonds is 1. The van der Waals surface area contributed by atoms with Gasteiger partial charge in [0.1, 0.15) is 4.88 Å². The zero-order valence-electron chi connectivity index (χ0n) is 11.4. The Balaban J connectivity index is 2.21. The smallest absolute Gasteiger partial charge is 0.267 e. The molecule has 0 bridgehead atoms. The molecule has 18 heavy (non-hydrogen) atoms. The molecule has 0 aliphatic carbocycles. The predicted octanol–water partition coefficient (Wildman–Crippen LogP) is 1.27. The molecule has 0 aromatic carbocycles. The third-order valence-electron chi connectivity index (χ3n) is 3.05. The molecule has 0 spiro atoms. The maximum Gasteiger partial charge on any atom is 0.267 e. The minimum absolute atomic E-state index is 0.0725. The number of nitrogens with zero attached hydrogens (tertiary/aromatic N) is 3. The molecule has 2 heterocycles. The maximum absolute atomic E-state index is 12.5. The molecular formula is C12H20N4OS. The van der Waals surface area contributed by atoms with E-state index >= 15 is 0 Å². The zero-order chi connectivity index (χ0) is 13.3. The van der Waals surface area contributed by atoms with E-state index in [0.29, 0.717) is 10.9 Å². The van der Waals surface area contributed by atoms with Crippen LogP contribution in [0.15, 0.2) is 0 Å². The van der Waals surface area contributed by atoms with Crippen LogP contribution in [0.1, 0.15) is 43.1 Å². The molecule has 0 radical (unpaired) electrons. The number of aromatic nitrogens is 2. The zero-order valence-corrected chi connectivity index (χ0v) is 12.2. The van der Waals surface area contributed by atoms with Gasteiger partial charge in [-0.3, -0.25) is 4.79 Å². The van der Waals surface area contributed by atoms with Gasteiger partial charge in [0.15, 0.2) is 0 Å².